The zero-order valence-electron chi connectivity index (χ0n) is 55.5. The van der Waals surface area contributed by atoms with Crippen LogP contribution >= 0.6 is 0 Å². The topological polar surface area (TPSA) is 78.9 Å². The SMILES string of the molecule is CCCCCC/C=C\C/C=C\CCCCCCCC(=O)OCC(COC(=O)CCCCCCCCCCCCCCCCCCCCCCCCCCCCCCCC)OC(=O)CCCCCCCCC/C=C\CCCCCCCCC. The minimum absolute atomic E-state index is 0.0739. The second kappa shape index (κ2) is 71.1. The molecule has 0 saturated heterocycles. The lowest BCUT2D eigenvalue weighted by Gasteiger charge is -2.18. The van der Waals surface area contributed by atoms with Crippen molar-refractivity contribution in [2.45, 2.75) is 419 Å². The Kier molecular flexibility index (Phi) is 69.1. The average molecular weight is 1150 g/mol. The van der Waals surface area contributed by atoms with Crippen molar-refractivity contribution in [1.82, 2.24) is 0 Å². The Balaban J connectivity index is 4.20. The lowest BCUT2D eigenvalue weighted by Crippen LogP contribution is -2.30. The monoisotopic (exact) mass is 1150 g/mol. The van der Waals surface area contributed by atoms with Gasteiger partial charge in [0.2, 0.25) is 0 Å². The van der Waals surface area contributed by atoms with Gasteiger partial charge in [0, 0.05) is 19.3 Å². The predicted octanol–water partition coefficient (Wildman–Crippen LogP) is 25.5. The van der Waals surface area contributed by atoms with E-state index in [9.17, 15) is 14.4 Å². The van der Waals surface area contributed by atoms with E-state index in [0.717, 1.165) is 77.0 Å². The molecule has 0 aromatic carbocycles. The van der Waals surface area contributed by atoms with Crippen molar-refractivity contribution in [1.29, 1.82) is 0 Å². The molecule has 1 unspecified atom stereocenters. The van der Waals surface area contributed by atoms with Gasteiger partial charge >= 0.3 is 17.9 Å². The highest BCUT2D eigenvalue weighted by molar-refractivity contribution is 5.71. The predicted molar refractivity (Wildman–Crippen MR) is 358 cm³/mol. The molecule has 0 bridgehead atoms. The fraction of sp³-hybridized carbons (Fsp3) is 0.882. The number of allylic oxidation sites excluding steroid dienone is 6. The summed E-state index contributed by atoms with van der Waals surface area (Å²) in [5.41, 5.74) is 0. The number of esters is 3. The molecule has 482 valence electrons. The summed E-state index contributed by atoms with van der Waals surface area (Å²) < 4.78 is 17.0. The number of rotatable bonds is 69. The standard InChI is InChI=1S/C76H142O6/c1-4-7-10-13-16-19-22-25-28-31-33-34-35-36-37-38-39-40-41-42-43-44-46-48-51-54-57-60-63-66-69-75(78)81-72-73(71-80-74(77)68-65-62-59-56-53-50-47-30-27-24-21-18-15-12-9-6-3)82-76(79)70-67-64-61-58-55-52-49-45-32-29-26-23-20-17-14-11-8-5-2/h21,24,29-30,32,47,73H,4-20,22-23,25-28,31,33-46,48-72H2,1-3H3/b24-21-,32-29-,47-30-. The molecular formula is C76H142O6. The van der Waals surface area contributed by atoms with Crippen LogP contribution in [0.3, 0.4) is 0 Å². The van der Waals surface area contributed by atoms with E-state index in [-0.39, 0.29) is 31.1 Å². The Labute approximate surface area is 512 Å². The zero-order chi connectivity index (χ0) is 59.2. The molecule has 0 aromatic rings. The molecule has 0 fully saturated rings. The van der Waals surface area contributed by atoms with E-state index in [1.165, 1.54) is 295 Å². The highest BCUT2D eigenvalue weighted by atomic mass is 16.6. The number of hydrogen-bond acceptors (Lipinski definition) is 6. The van der Waals surface area contributed by atoms with Gasteiger partial charge < -0.3 is 14.2 Å². The second-order valence-corrected chi connectivity index (χ2v) is 25.2. The van der Waals surface area contributed by atoms with Crippen LogP contribution in [0, 0.1) is 0 Å². The van der Waals surface area contributed by atoms with E-state index in [2.05, 4.69) is 57.2 Å². The minimum Gasteiger partial charge on any atom is -0.462 e. The molecule has 6 nitrogen and oxygen atoms in total. The minimum atomic E-state index is -0.780. The zero-order valence-corrected chi connectivity index (χ0v) is 55.5. The van der Waals surface area contributed by atoms with Crippen molar-refractivity contribution in [2.75, 3.05) is 13.2 Å². The number of hydrogen-bond donors (Lipinski definition) is 0. The van der Waals surface area contributed by atoms with Gasteiger partial charge in [-0.2, -0.15) is 0 Å². The van der Waals surface area contributed by atoms with Crippen molar-refractivity contribution in [2.24, 2.45) is 0 Å². The van der Waals surface area contributed by atoms with Crippen molar-refractivity contribution in [3.63, 3.8) is 0 Å². The summed E-state index contributed by atoms with van der Waals surface area (Å²) in [6.45, 7) is 6.68. The maximum atomic E-state index is 13.0. The molecule has 0 aliphatic rings. The second-order valence-electron chi connectivity index (χ2n) is 25.2. The van der Waals surface area contributed by atoms with Gasteiger partial charge in [-0.15, -0.1) is 0 Å². The fourth-order valence-electron chi connectivity index (χ4n) is 11.3. The molecule has 0 heterocycles. The molecule has 0 N–H and O–H groups in total. The van der Waals surface area contributed by atoms with Crippen molar-refractivity contribution >= 4 is 17.9 Å². The molecular weight excluding hydrogens is 1010 g/mol. The van der Waals surface area contributed by atoms with E-state index in [0.29, 0.717) is 19.3 Å². The summed E-state index contributed by atoms with van der Waals surface area (Å²) >= 11 is 0. The van der Waals surface area contributed by atoms with E-state index in [1.807, 2.05) is 0 Å². The third-order valence-electron chi connectivity index (χ3n) is 16.9. The quantitative estimate of drug-likeness (QED) is 0.0261. The van der Waals surface area contributed by atoms with Crippen molar-refractivity contribution in [3.8, 4) is 0 Å². The van der Waals surface area contributed by atoms with E-state index < -0.39 is 6.10 Å². The van der Waals surface area contributed by atoms with Crippen molar-refractivity contribution in [3.05, 3.63) is 36.5 Å². The van der Waals surface area contributed by atoms with E-state index in [4.69, 9.17) is 14.2 Å². The van der Waals surface area contributed by atoms with Crippen LogP contribution in [0.4, 0.5) is 0 Å². The van der Waals surface area contributed by atoms with Crippen LogP contribution in [-0.4, -0.2) is 37.2 Å². The van der Waals surface area contributed by atoms with Crippen LogP contribution in [0.1, 0.15) is 412 Å². The first-order valence-corrected chi connectivity index (χ1v) is 37.0. The van der Waals surface area contributed by atoms with E-state index >= 15 is 0 Å². The van der Waals surface area contributed by atoms with Crippen LogP contribution in [0.15, 0.2) is 36.5 Å². The van der Waals surface area contributed by atoms with Gasteiger partial charge in [-0.05, 0) is 77.0 Å². The lowest BCUT2D eigenvalue weighted by atomic mass is 10.0. The maximum absolute atomic E-state index is 13.0. The average Bonchev–Trinajstić information content (AvgIpc) is 3.47. The van der Waals surface area contributed by atoms with Gasteiger partial charge in [-0.3, -0.25) is 14.4 Å². The van der Waals surface area contributed by atoms with Crippen molar-refractivity contribution < 1.29 is 28.6 Å². The molecule has 0 aliphatic heterocycles. The maximum Gasteiger partial charge on any atom is 0.306 e. The summed E-state index contributed by atoms with van der Waals surface area (Å²) in [6.07, 6.45) is 89.1. The summed E-state index contributed by atoms with van der Waals surface area (Å²) in [5.74, 6) is -0.863. The first-order valence-electron chi connectivity index (χ1n) is 37.0. The summed E-state index contributed by atoms with van der Waals surface area (Å²) in [5, 5.41) is 0. The molecule has 0 saturated carbocycles. The molecule has 6 heteroatoms. The normalized spacial score (nSPS) is 12.2. The first kappa shape index (κ1) is 79.6. The van der Waals surface area contributed by atoms with Crippen LogP contribution in [0.2, 0.25) is 0 Å². The molecule has 0 radical (unpaired) electrons. The molecule has 0 aliphatic carbocycles. The third-order valence-corrected chi connectivity index (χ3v) is 16.9. The molecule has 0 aromatic heterocycles. The van der Waals surface area contributed by atoms with Gasteiger partial charge in [-0.1, -0.05) is 353 Å². The Bertz CT molecular complexity index is 1370. The van der Waals surface area contributed by atoms with Crippen LogP contribution in [-0.2, 0) is 28.6 Å². The summed E-state index contributed by atoms with van der Waals surface area (Å²) in [7, 11) is 0. The van der Waals surface area contributed by atoms with Crippen LogP contribution in [0.25, 0.3) is 0 Å². The number of ether oxygens (including phenoxy) is 3. The third kappa shape index (κ3) is 68.4. The number of carbonyl (C=O) groups excluding carboxylic acids is 3. The first-order chi connectivity index (χ1) is 40.5. The van der Waals surface area contributed by atoms with Gasteiger partial charge in [0.25, 0.3) is 0 Å². The van der Waals surface area contributed by atoms with E-state index in [1.54, 1.807) is 0 Å². The Hall–Kier alpha value is -2.37. The molecule has 0 rings (SSSR count). The molecule has 1 atom stereocenters. The van der Waals surface area contributed by atoms with Crippen LogP contribution in [0.5, 0.6) is 0 Å². The molecule has 0 amide bonds. The fourth-order valence-corrected chi connectivity index (χ4v) is 11.3. The largest absolute Gasteiger partial charge is 0.462 e. The number of carbonyl (C=O) groups is 3. The van der Waals surface area contributed by atoms with Gasteiger partial charge in [0.05, 0.1) is 0 Å². The summed E-state index contributed by atoms with van der Waals surface area (Å²) in [6, 6.07) is 0. The van der Waals surface area contributed by atoms with Crippen LogP contribution < -0.4 is 0 Å². The molecule has 82 heavy (non-hydrogen) atoms. The van der Waals surface area contributed by atoms with Gasteiger partial charge in [-0.25, -0.2) is 0 Å². The Morgan fingerprint density at radius 1 is 0.244 bits per heavy atom. The Morgan fingerprint density at radius 3 is 0.695 bits per heavy atom. The van der Waals surface area contributed by atoms with Gasteiger partial charge in [0.15, 0.2) is 6.10 Å². The highest BCUT2D eigenvalue weighted by Gasteiger charge is 2.19. The number of unbranched alkanes of at least 4 members (excludes halogenated alkanes) is 52. The highest BCUT2D eigenvalue weighted by Crippen LogP contribution is 2.19. The molecule has 0 spiro atoms. The summed E-state index contributed by atoms with van der Waals surface area (Å²) in [4.78, 5) is 38.5. The van der Waals surface area contributed by atoms with Gasteiger partial charge in [0.1, 0.15) is 13.2 Å². The lowest BCUT2D eigenvalue weighted by molar-refractivity contribution is -0.167. The Morgan fingerprint density at radius 2 is 0.439 bits per heavy atom. The smallest absolute Gasteiger partial charge is 0.306 e.